The Balaban J connectivity index is 2.41. The average molecular weight is 315 g/mol. The van der Waals surface area contributed by atoms with Gasteiger partial charge < -0.3 is 20.1 Å². The van der Waals surface area contributed by atoms with Crippen LogP contribution in [-0.4, -0.2) is 53.8 Å². The monoisotopic (exact) mass is 315 g/mol. The van der Waals surface area contributed by atoms with Gasteiger partial charge in [0.05, 0.1) is 5.60 Å². The first-order valence-electron chi connectivity index (χ1n) is 7.22. The van der Waals surface area contributed by atoms with Gasteiger partial charge in [0.2, 0.25) is 0 Å². The first-order chi connectivity index (χ1) is 10.0. The van der Waals surface area contributed by atoms with Crippen LogP contribution in [0.25, 0.3) is 0 Å². The molecule has 0 aromatic carbocycles. The number of piperidine rings is 1. The molecule has 1 fully saturated rings. The Morgan fingerprint density at radius 3 is 2.23 bits per heavy atom. The minimum atomic E-state index is -0.904. The van der Waals surface area contributed by atoms with E-state index >= 15 is 0 Å². The zero-order chi connectivity index (χ0) is 17.0. The van der Waals surface area contributed by atoms with Crippen LogP contribution in [0.5, 0.6) is 0 Å². The number of hydrogen-bond donors (Lipinski definition) is 2. The van der Waals surface area contributed by atoms with Crippen LogP contribution in [0.2, 0.25) is 0 Å². The molecule has 1 aliphatic heterocycles. The van der Waals surface area contributed by atoms with Crippen molar-refractivity contribution in [3.8, 4) is 0 Å². The van der Waals surface area contributed by atoms with E-state index in [9.17, 15) is 14.4 Å². The summed E-state index contributed by atoms with van der Waals surface area (Å²) in [4.78, 5) is 35.5. The molecular formula is C14H25N3O5. The van der Waals surface area contributed by atoms with Crippen molar-refractivity contribution >= 4 is 18.0 Å². The first-order valence-corrected chi connectivity index (χ1v) is 7.22. The molecule has 0 atom stereocenters. The number of carbonyl (C=O) groups is 3. The number of imide groups is 1. The van der Waals surface area contributed by atoms with Crippen molar-refractivity contribution in [1.29, 1.82) is 0 Å². The van der Waals surface area contributed by atoms with E-state index in [-0.39, 0.29) is 12.7 Å². The Bertz CT molecular complexity index is 436. The molecular weight excluding hydrogens is 290 g/mol. The number of nitrogens with two attached hydrogens (primary N) is 1. The zero-order valence-corrected chi connectivity index (χ0v) is 13.6. The molecule has 3 N–H and O–H groups in total. The third kappa shape index (κ3) is 6.30. The van der Waals surface area contributed by atoms with Gasteiger partial charge in [-0.05, 0) is 40.5 Å². The third-order valence-corrected chi connectivity index (χ3v) is 3.29. The summed E-state index contributed by atoms with van der Waals surface area (Å²) in [5, 5.41) is 1.94. The predicted molar refractivity (Wildman–Crippen MR) is 79.1 cm³/mol. The Morgan fingerprint density at radius 2 is 1.77 bits per heavy atom. The lowest BCUT2D eigenvalue weighted by atomic mass is 9.93. The molecule has 0 unspecified atom stereocenters. The van der Waals surface area contributed by atoms with Gasteiger partial charge in [-0.15, -0.1) is 0 Å². The van der Waals surface area contributed by atoms with Crippen LogP contribution < -0.4 is 11.1 Å². The summed E-state index contributed by atoms with van der Waals surface area (Å²) in [7, 11) is 0. The quantitative estimate of drug-likeness (QED) is 0.806. The third-order valence-electron chi connectivity index (χ3n) is 3.29. The van der Waals surface area contributed by atoms with Gasteiger partial charge in [-0.3, -0.25) is 10.1 Å². The van der Waals surface area contributed by atoms with Gasteiger partial charge in [0.25, 0.3) is 5.91 Å². The van der Waals surface area contributed by atoms with E-state index in [4.69, 9.17) is 15.2 Å². The molecule has 1 aliphatic rings. The van der Waals surface area contributed by atoms with Gasteiger partial charge >= 0.3 is 12.1 Å². The maximum absolute atomic E-state index is 12.0. The van der Waals surface area contributed by atoms with E-state index in [1.165, 1.54) is 0 Å². The number of ether oxygens (including phenoxy) is 2. The summed E-state index contributed by atoms with van der Waals surface area (Å²) in [6.07, 6.45) is 0.813. The zero-order valence-electron chi connectivity index (χ0n) is 13.6. The molecule has 1 rings (SSSR count). The van der Waals surface area contributed by atoms with Crippen LogP contribution in [0, 0.1) is 0 Å². The van der Waals surface area contributed by atoms with Gasteiger partial charge in [-0.1, -0.05) is 0 Å². The molecule has 8 heteroatoms. The minimum absolute atomic E-state index is 0.244. The Hall–Kier alpha value is -1.83. The van der Waals surface area contributed by atoms with Gasteiger partial charge in [0, 0.05) is 13.1 Å². The number of primary amides is 1. The summed E-state index contributed by atoms with van der Waals surface area (Å²) in [6, 6.07) is -0.904. The van der Waals surface area contributed by atoms with E-state index in [2.05, 4.69) is 0 Å². The second-order valence-electron chi connectivity index (χ2n) is 6.62. The predicted octanol–water partition coefficient (Wildman–Crippen LogP) is 0.988. The largest absolute Gasteiger partial charge is 0.444 e. The van der Waals surface area contributed by atoms with Crippen molar-refractivity contribution in [3.63, 3.8) is 0 Å². The number of carbonyl (C=O) groups excluding carboxylic acids is 3. The van der Waals surface area contributed by atoms with Crippen molar-refractivity contribution in [3.05, 3.63) is 0 Å². The molecule has 0 saturated carbocycles. The summed E-state index contributed by atoms with van der Waals surface area (Å²) >= 11 is 0. The van der Waals surface area contributed by atoms with Gasteiger partial charge in [-0.2, -0.15) is 0 Å². The summed E-state index contributed by atoms with van der Waals surface area (Å²) in [6.45, 7) is 8.06. The topological polar surface area (TPSA) is 111 Å². The second kappa shape index (κ2) is 6.95. The molecule has 8 nitrogen and oxygen atoms in total. The number of urea groups is 1. The highest BCUT2D eigenvalue weighted by Crippen LogP contribution is 2.26. The number of nitrogens with zero attached hydrogens (tertiary/aromatic N) is 1. The van der Waals surface area contributed by atoms with Crippen molar-refractivity contribution in [1.82, 2.24) is 10.2 Å². The second-order valence-corrected chi connectivity index (χ2v) is 6.62. The SMILES string of the molecule is CC(C)(C)OC(=O)N1CCC(C)(OCC(=O)NC(N)=O)CC1. The highest BCUT2D eigenvalue weighted by Gasteiger charge is 2.34. The van der Waals surface area contributed by atoms with E-state index in [1.807, 2.05) is 33.0 Å². The minimum Gasteiger partial charge on any atom is -0.444 e. The highest BCUT2D eigenvalue weighted by molar-refractivity contribution is 5.94. The molecule has 1 saturated heterocycles. The van der Waals surface area contributed by atoms with Gasteiger partial charge in [0.1, 0.15) is 12.2 Å². The molecule has 4 amide bonds. The van der Waals surface area contributed by atoms with E-state index < -0.39 is 23.1 Å². The van der Waals surface area contributed by atoms with Gasteiger partial charge in [0.15, 0.2) is 0 Å². The fourth-order valence-electron chi connectivity index (χ4n) is 2.05. The molecule has 1 heterocycles. The maximum Gasteiger partial charge on any atom is 0.410 e. The molecule has 0 aromatic rings. The number of amides is 4. The summed E-state index contributed by atoms with van der Waals surface area (Å²) in [5.74, 6) is -0.580. The smallest absolute Gasteiger partial charge is 0.410 e. The summed E-state index contributed by atoms with van der Waals surface area (Å²) in [5.41, 5.74) is 3.81. The van der Waals surface area contributed by atoms with Crippen LogP contribution in [0.4, 0.5) is 9.59 Å². The number of likely N-dealkylation sites (tertiary alicyclic amines) is 1. The number of nitrogens with one attached hydrogen (secondary N) is 1. The van der Waals surface area contributed by atoms with Crippen LogP contribution in [-0.2, 0) is 14.3 Å². The Kier molecular flexibility index (Phi) is 5.76. The van der Waals surface area contributed by atoms with Crippen LogP contribution in [0.3, 0.4) is 0 Å². The molecule has 22 heavy (non-hydrogen) atoms. The van der Waals surface area contributed by atoms with Crippen LogP contribution in [0.15, 0.2) is 0 Å². The molecule has 0 aromatic heterocycles. The van der Waals surface area contributed by atoms with Crippen molar-refractivity contribution in [2.45, 2.75) is 51.7 Å². The molecule has 0 spiro atoms. The van der Waals surface area contributed by atoms with Crippen LogP contribution >= 0.6 is 0 Å². The van der Waals surface area contributed by atoms with Crippen molar-refractivity contribution in [2.24, 2.45) is 5.73 Å². The first kappa shape index (κ1) is 18.2. The number of rotatable bonds is 3. The Labute approximate surface area is 130 Å². The van der Waals surface area contributed by atoms with E-state index in [0.29, 0.717) is 25.9 Å². The fourth-order valence-corrected chi connectivity index (χ4v) is 2.05. The van der Waals surface area contributed by atoms with Crippen molar-refractivity contribution < 1.29 is 23.9 Å². The standard InChI is InChI=1S/C14H25N3O5/c1-13(2,3)22-12(20)17-7-5-14(4,6-8-17)21-9-10(18)16-11(15)19/h5-9H2,1-4H3,(H3,15,16,18,19). The van der Waals surface area contributed by atoms with Gasteiger partial charge in [-0.25, -0.2) is 9.59 Å². The lowest BCUT2D eigenvalue weighted by Crippen LogP contribution is -2.49. The summed E-state index contributed by atoms with van der Waals surface area (Å²) < 4.78 is 10.9. The Morgan fingerprint density at radius 1 is 1.23 bits per heavy atom. The van der Waals surface area contributed by atoms with E-state index in [1.54, 1.807) is 4.90 Å². The molecule has 0 aliphatic carbocycles. The maximum atomic E-state index is 12.0. The number of hydrogen-bond acceptors (Lipinski definition) is 5. The average Bonchev–Trinajstić information content (AvgIpc) is 2.34. The lowest BCUT2D eigenvalue weighted by Gasteiger charge is -2.39. The normalized spacial score (nSPS) is 17.7. The van der Waals surface area contributed by atoms with Crippen LogP contribution in [0.1, 0.15) is 40.5 Å². The van der Waals surface area contributed by atoms with E-state index in [0.717, 1.165) is 0 Å². The highest BCUT2D eigenvalue weighted by atomic mass is 16.6. The fraction of sp³-hybridized carbons (Fsp3) is 0.786. The lowest BCUT2D eigenvalue weighted by molar-refractivity contribution is -0.134. The molecule has 0 bridgehead atoms. The molecule has 126 valence electrons. The van der Waals surface area contributed by atoms with Crippen molar-refractivity contribution in [2.75, 3.05) is 19.7 Å². The molecule has 0 radical (unpaired) electrons.